The van der Waals surface area contributed by atoms with Crippen LogP contribution in [0.1, 0.15) is 19.4 Å². The van der Waals surface area contributed by atoms with E-state index in [1.54, 1.807) is 39.2 Å². The van der Waals surface area contributed by atoms with Crippen LogP contribution in [-0.4, -0.2) is 22.2 Å². The average molecular weight is 400 g/mol. The number of hydrogen-bond acceptors (Lipinski definition) is 7. The summed E-state index contributed by atoms with van der Waals surface area (Å²) < 4.78 is 5.33. The summed E-state index contributed by atoms with van der Waals surface area (Å²) in [6.45, 7) is 3.43. The predicted octanol–water partition coefficient (Wildman–Crippen LogP) is 4.44. The molecule has 0 saturated heterocycles. The standard InChI is InChI=1S/C20H22ClN5O2/c1-20(2,27)13-6-4-5-7-15(13)24-18-14(21)11-23-19(26-18)25-16-10-12(22)8-9-17(16)28-3/h4-11,27H,22H2,1-3H3,(H2,23,24,25,26). The molecule has 146 valence electrons. The number of methoxy groups -OCH3 is 1. The minimum atomic E-state index is -1.03. The maximum absolute atomic E-state index is 10.4. The second-order valence-electron chi connectivity index (χ2n) is 6.70. The number of nitrogen functional groups attached to an aromatic ring is 1. The van der Waals surface area contributed by atoms with Crippen molar-refractivity contribution in [3.8, 4) is 5.75 Å². The van der Waals surface area contributed by atoms with Gasteiger partial charge in [-0.15, -0.1) is 0 Å². The second-order valence-corrected chi connectivity index (χ2v) is 7.11. The van der Waals surface area contributed by atoms with Crippen molar-refractivity contribution in [1.82, 2.24) is 9.97 Å². The van der Waals surface area contributed by atoms with Crippen LogP contribution in [0.4, 0.5) is 28.8 Å². The summed E-state index contributed by atoms with van der Waals surface area (Å²) in [5.74, 6) is 1.32. The molecule has 3 aromatic rings. The summed E-state index contributed by atoms with van der Waals surface area (Å²) in [6.07, 6.45) is 1.49. The SMILES string of the molecule is COc1ccc(N)cc1Nc1ncc(Cl)c(Nc2ccccc2C(C)(C)O)n1. The molecule has 8 heteroatoms. The Labute approximate surface area is 168 Å². The van der Waals surface area contributed by atoms with Gasteiger partial charge >= 0.3 is 0 Å². The average Bonchev–Trinajstić information content (AvgIpc) is 2.64. The fraction of sp³-hybridized carbons (Fsp3) is 0.200. The zero-order chi connectivity index (χ0) is 20.3. The van der Waals surface area contributed by atoms with Gasteiger partial charge in [-0.25, -0.2) is 4.98 Å². The monoisotopic (exact) mass is 399 g/mol. The molecule has 0 spiro atoms. The zero-order valence-electron chi connectivity index (χ0n) is 15.8. The van der Waals surface area contributed by atoms with Crippen molar-refractivity contribution < 1.29 is 9.84 Å². The van der Waals surface area contributed by atoms with Crippen molar-refractivity contribution in [1.29, 1.82) is 0 Å². The number of aliphatic hydroxyl groups is 1. The highest BCUT2D eigenvalue weighted by Gasteiger charge is 2.20. The number of halogens is 1. The molecule has 0 saturated carbocycles. The molecule has 3 rings (SSSR count). The van der Waals surface area contributed by atoms with E-state index in [1.807, 2.05) is 24.3 Å². The number of anilines is 5. The first-order chi connectivity index (χ1) is 13.3. The zero-order valence-corrected chi connectivity index (χ0v) is 16.6. The molecule has 0 aliphatic rings. The van der Waals surface area contributed by atoms with Gasteiger partial charge in [-0.05, 0) is 38.1 Å². The van der Waals surface area contributed by atoms with Crippen molar-refractivity contribution in [2.24, 2.45) is 0 Å². The third kappa shape index (κ3) is 4.44. The van der Waals surface area contributed by atoms with E-state index in [4.69, 9.17) is 22.1 Å². The Morgan fingerprint density at radius 2 is 1.86 bits per heavy atom. The topological polar surface area (TPSA) is 105 Å². The maximum atomic E-state index is 10.4. The molecule has 1 aromatic heterocycles. The highest BCUT2D eigenvalue weighted by atomic mass is 35.5. The highest BCUT2D eigenvalue weighted by Crippen LogP contribution is 2.33. The smallest absolute Gasteiger partial charge is 0.229 e. The lowest BCUT2D eigenvalue weighted by Crippen LogP contribution is -2.17. The lowest BCUT2D eigenvalue weighted by Gasteiger charge is -2.22. The summed E-state index contributed by atoms with van der Waals surface area (Å²) in [7, 11) is 1.57. The van der Waals surface area contributed by atoms with Crippen LogP contribution in [0.5, 0.6) is 5.75 Å². The van der Waals surface area contributed by atoms with E-state index in [2.05, 4.69) is 20.6 Å². The normalized spacial score (nSPS) is 11.2. The Kier molecular flexibility index (Phi) is 5.58. The Morgan fingerprint density at radius 1 is 1.11 bits per heavy atom. The number of nitrogens with two attached hydrogens (primary N) is 1. The van der Waals surface area contributed by atoms with Crippen LogP contribution in [0.15, 0.2) is 48.7 Å². The fourth-order valence-electron chi connectivity index (χ4n) is 2.71. The first-order valence-corrected chi connectivity index (χ1v) is 8.97. The van der Waals surface area contributed by atoms with Gasteiger partial charge in [0.05, 0.1) is 24.6 Å². The van der Waals surface area contributed by atoms with Crippen LogP contribution >= 0.6 is 11.6 Å². The van der Waals surface area contributed by atoms with E-state index in [0.717, 1.165) is 5.56 Å². The van der Waals surface area contributed by atoms with E-state index in [9.17, 15) is 5.11 Å². The van der Waals surface area contributed by atoms with Crippen LogP contribution in [0.2, 0.25) is 5.02 Å². The third-order valence-electron chi connectivity index (χ3n) is 4.05. The number of aromatic nitrogens is 2. The quantitative estimate of drug-likeness (QED) is 0.454. The highest BCUT2D eigenvalue weighted by molar-refractivity contribution is 6.32. The largest absolute Gasteiger partial charge is 0.495 e. The number of rotatable bonds is 6. The summed E-state index contributed by atoms with van der Waals surface area (Å²) in [5.41, 5.74) is 7.45. The van der Waals surface area contributed by atoms with E-state index < -0.39 is 5.60 Å². The van der Waals surface area contributed by atoms with Crippen molar-refractivity contribution in [2.45, 2.75) is 19.4 Å². The van der Waals surface area contributed by atoms with Gasteiger partial charge in [0.2, 0.25) is 5.95 Å². The molecule has 0 aliphatic carbocycles. The molecule has 0 amide bonds. The molecule has 1 heterocycles. The van der Waals surface area contributed by atoms with Crippen molar-refractivity contribution in [2.75, 3.05) is 23.5 Å². The minimum Gasteiger partial charge on any atom is -0.495 e. The van der Waals surface area contributed by atoms with Crippen molar-refractivity contribution in [3.63, 3.8) is 0 Å². The third-order valence-corrected chi connectivity index (χ3v) is 4.33. The number of benzene rings is 2. The number of para-hydroxylation sites is 1. The molecule has 7 nitrogen and oxygen atoms in total. The molecule has 28 heavy (non-hydrogen) atoms. The van der Waals surface area contributed by atoms with Gasteiger partial charge < -0.3 is 26.2 Å². The number of hydrogen-bond donors (Lipinski definition) is 4. The lowest BCUT2D eigenvalue weighted by molar-refractivity contribution is 0.0794. The Balaban J connectivity index is 1.93. The van der Waals surface area contributed by atoms with E-state index >= 15 is 0 Å². The maximum Gasteiger partial charge on any atom is 0.229 e. The van der Waals surface area contributed by atoms with Crippen LogP contribution in [-0.2, 0) is 5.60 Å². The van der Waals surface area contributed by atoms with Crippen LogP contribution in [0, 0.1) is 0 Å². The Bertz CT molecular complexity index is 989. The molecule has 0 aliphatic heterocycles. The van der Waals surface area contributed by atoms with Gasteiger partial charge in [-0.1, -0.05) is 29.8 Å². The number of nitrogens with one attached hydrogen (secondary N) is 2. The molecule has 0 unspecified atom stereocenters. The van der Waals surface area contributed by atoms with Crippen molar-refractivity contribution in [3.05, 3.63) is 59.2 Å². The summed E-state index contributed by atoms with van der Waals surface area (Å²) in [6, 6.07) is 12.6. The second kappa shape index (κ2) is 7.92. The van der Waals surface area contributed by atoms with Gasteiger partial charge in [-0.2, -0.15) is 4.98 Å². The molecular formula is C20H22ClN5O2. The first-order valence-electron chi connectivity index (χ1n) is 8.60. The molecule has 0 radical (unpaired) electrons. The van der Waals surface area contributed by atoms with Gasteiger partial charge in [0.25, 0.3) is 0 Å². The Hall–Kier alpha value is -3.03. The minimum absolute atomic E-state index is 0.316. The van der Waals surface area contributed by atoms with Crippen LogP contribution < -0.4 is 21.1 Å². The molecular weight excluding hydrogens is 378 g/mol. The first kappa shape index (κ1) is 19.7. The van der Waals surface area contributed by atoms with E-state index in [1.165, 1.54) is 6.20 Å². The van der Waals surface area contributed by atoms with Crippen molar-refractivity contribution >= 4 is 40.4 Å². The van der Waals surface area contributed by atoms with Crippen LogP contribution in [0.25, 0.3) is 0 Å². The van der Waals surface area contributed by atoms with Gasteiger partial charge in [0.1, 0.15) is 10.8 Å². The number of nitrogens with zero attached hydrogens (tertiary/aromatic N) is 2. The van der Waals surface area contributed by atoms with Crippen LogP contribution in [0.3, 0.4) is 0 Å². The van der Waals surface area contributed by atoms with E-state index in [-0.39, 0.29) is 0 Å². The van der Waals surface area contributed by atoms with Gasteiger partial charge in [-0.3, -0.25) is 0 Å². The molecule has 0 atom stereocenters. The molecule has 0 fully saturated rings. The molecule has 5 N–H and O–H groups in total. The summed E-state index contributed by atoms with van der Waals surface area (Å²) in [4.78, 5) is 8.66. The van der Waals surface area contributed by atoms with Gasteiger partial charge in [0, 0.05) is 16.9 Å². The predicted molar refractivity (Wildman–Crippen MR) is 113 cm³/mol. The molecule has 0 bridgehead atoms. The lowest BCUT2D eigenvalue weighted by atomic mass is 9.96. The van der Waals surface area contributed by atoms with Gasteiger partial charge in [0.15, 0.2) is 5.82 Å². The molecule has 2 aromatic carbocycles. The van der Waals surface area contributed by atoms with E-state index in [0.29, 0.717) is 39.6 Å². The summed E-state index contributed by atoms with van der Waals surface area (Å²) in [5, 5.41) is 17.0. The fourth-order valence-corrected chi connectivity index (χ4v) is 2.85. The Morgan fingerprint density at radius 3 is 2.57 bits per heavy atom. The summed E-state index contributed by atoms with van der Waals surface area (Å²) >= 11 is 6.28. The number of ether oxygens (including phenoxy) is 1.